The van der Waals surface area contributed by atoms with Crippen LogP contribution < -0.4 is 4.90 Å². The number of hydrogen-bond acceptors (Lipinski definition) is 3. The minimum atomic E-state index is -3.28. The second-order valence-electron chi connectivity index (χ2n) is 6.09. The Kier molecular flexibility index (Phi) is 4.97. The third-order valence-electron chi connectivity index (χ3n) is 4.14. The predicted octanol–water partition coefficient (Wildman–Crippen LogP) is 3.53. The molecule has 1 aliphatic rings. The highest BCUT2D eigenvalue weighted by molar-refractivity contribution is 7.94. The summed E-state index contributed by atoms with van der Waals surface area (Å²) in [6.45, 7) is 1.88. The van der Waals surface area contributed by atoms with Crippen molar-refractivity contribution in [2.45, 2.75) is 19.4 Å². The molecule has 4 nitrogen and oxygen atoms in total. The van der Waals surface area contributed by atoms with Gasteiger partial charge in [-0.3, -0.25) is 4.79 Å². The molecule has 1 atom stereocenters. The van der Waals surface area contributed by atoms with E-state index in [0.29, 0.717) is 10.7 Å². The second-order valence-corrected chi connectivity index (χ2v) is 8.42. The van der Waals surface area contributed by atoms with Gasteiger partial charge in [-0.15, -0.1) is 0 Å². The van der Waals surface area contributed by atoms with E-state index < -0.39 is 15.9 Å². The van der Waals surface area contributed by atoms with Crippen molar-refractivity contribution < 1.29 is 13.2 Å². The summed E-state index contributed by atoms with van der Waals surface area (Å²) in [5.74, 6) is -0.281. The lowest BCUT2D eigenvalue weighted by atomic mass is 10.1. The maximum atomic E-state index is 13.0. The van der Waals surface area contributed by atoms with Crippen molar-refractivity contribution in [1.82, 2.24) is 0 Å². The van der Waals surface area contributed by atoms with Crippen LogP contribution in [0.15, 0.2) is 60.0 Å². The zero-order valence-electron chi connectivity index (χ0n) is 13.7. The number of rotatable bonds is 4. The third-order valence-corrected chi connectivity index (χ3v) is 5.93. The molecule has 3 rings (SSSR count). The average Bonchev–Trinajstić information content (AvgIpc) is 2.91. The number of hydrogen-bond donors (Lipinski definition) is 0. The zero-order valence-corrected chi connectivity index (χ0v) is 15.3. The highest BCUT2D eigenvalue weighted by atomic mass is 35.5. The number of nitrogens with zero attached hydrogens (tertiary/aromatic N) is 1. The number of benzene rings is 2. The van der Waals surface area contributed by atoms with Gasteiger partial charge in [-0.25, -0.2) is 8.42 Å². The fourth-order valence-corrected chi connectivity index (χ4v) is 4.27. The summed E-state index contributed by atoms with van der Waals surface area (Å²) in [5, 5.41) is 1.72. The van der Waals surface area contributed by atoms with Crippen LogP contribution >= 0.6 is 11.6 Å². The van der Waals surface area contributed by atoms with E-state index >= 15 is 0 Å². The van der Waals surface area contributed by atoms with E-state index in [2.05, 4.69) is 0 Å². The number of sulfone groups is 1. The Labute approximate surface area is 152 Å². The lowest BCUT2D eigenvalue weighted by molar-refractivity contribution is -0.118. The van der Waals surface area contributed by atoms with Crippen LogP contribution in [0.1, 0.15) is 11.1 Å². The van der Waals surface area contributed by atoms with Gasteiger partial charge in [-0.2, -0.15) is 0 Å². The summed E-state index contributed by atoms with van der Waals surface area (Å²) >= 11 is 6.21. The molecule has 0 aliphatic carbocycles. The van der Waals surface area contributed by atoms with Crippen LogP contribution in [-0.4, -0.2) is 26.1 Å². The molecule has 2 aromatic carbocycles. The molecule has 0 saturated heterocycles. The van der Waals surface area contributed by atoms with Crippen molar-refractivity contribution in [1.29, 1.82) is 0 Å². The van der Waals surface area contributed by atoms with Gasteiger partial charge in [0.2, 0.25) is 5.91 Å². The number of halogens is 1. The molecule has 0 N–H and O–H groups in total. The van der Waals surface area contributed by atoms with Gasteiger partial charge in [0.25, 0.3) is 0 Å². The smallest absolute Gasteiger partial charge is 0.231 e. The molecule has 0 radical (unpaired) electrons. The molecular formula is C19H18ClNO3S. The summed E-state index contributed by atoms with van der Waals surface area (Å²) in [6, 6.07) is 14.2. The summed E-state index contributed by atoms with van der Waals surface area (Å²) in [5.41, 5.74) is 2.37. The van der Waals surface area contributed by atoms with Crippen LogP contribution in [0.3, 0.4) is 0 Å². The van der Waals surface area contributed by atoms with Gasteiger partial charge in [-0.05, 0) is 36.3 Å². The minimum Gasteiger partial charge on any atom is -0.304 e. The standard InChI is InChI=1S/C19H18ClNO3S/c1-14-7-8-16(12-18(14)20)21(17-9-10-25(23,24)13-17)19(22)11-15-5-3-2-4-6-15/h2-10,12,17H,11,13H2,1H3. The molecule has 130 valence electrons. The zero-order chi connectivity index (χ0) is 18.0. The van der Waals surface area contributed by atoms with E-state index in [1.807, 2.05) is 43.3 Å². The van der Waals surface area contributed by atoms with E-state index in [1.54, 1.807) is 18.2 Å². The highest BCUT2D eigenvalue weighted by Crippen LogP contribution is 2.28. The summed E-state index contributed by atoms with van der Waals surface area (Å²) < 4.78 is 23.7. The first-order valence-corrected chi connectivity index (χ1v) is 9.98. The van der Waals surface area contributed by atoms with Crippen LogP contribution in [0.4, 0.5) is 5.69 Å². The van der Waals surface area contributed by atoms with Crippen molar-refractivity contribution in [3.05, 3.63) is 76.2 Å². The molecule has 25 heavy (non-hydrogen) atoms. The molecule has 0 fully saturated rings. The SMILES string of the molecule is Cc1ccc(N(C(=O)Cc2ccccc2)C2C=CS(=O)(=O)C2)cc1Cl. The first kappa shape index (κ1) is 17.7. The van der Waals surface area contributed by atoms with Gasteiger partial charge in [0.1, 0.15) is 0 Å². The molecule has 0 bridgehead atoms. The van der Waals surface area contributed by atoms with Crippen LogP contribution in [0.2, 0.25) is 5.02 Å². The lowest BCUT2D eigenvalue weighted by Gasteiger charge is -2.28. The third kappa shape index (κ3) is 4.11. The first-order chi connectivity index (χ1) is 11.9. The normalized spacial score (nSPS) is 18.2. The van der Waals surface area contributed by atoms with Crippen molar-refractivity contribution >= 4 is 33.0 Å². The molecular weight excluding hydrogens is 358 g/mol. The Morgan fingerprint density at radius 3 is 2.52 bits per heavy atom. The summed E-state index contributed by atoms with van der Waals surface area (Å²) in [7, 11) is -3.28. The van der Waals surface area contributed by atoms with Gasteiger partial charge in [0, 0.05) is 16.1 Å². The monoisotopic (exact) mass is 375 g/mol. The number of aryl methyl sites for hydroxylation is 1. The van der Waals surface area contributed by atoms with Crippen LogP contribution in [0, 0.1) is 6.92 Å². The fraction of sp³-hybridized carbons (Fsp3) is 0.211. The Morgan fingerprint density at radius 2 is 1.92 bits per heavy atom. The fourth-order valence-electron chi connectivity index (χ4n) is 2.83. The molecule has 6 heteroatoms. The summed E-state index contributed by atoms with van der Waals surface area (Å²) in [6.07, 6.45) is 1.75. The van der Waals surface area contributed by atoms with Crippen molar-refractivity contribution in [2.24, 2.45) is 0 Å². The Morgan fingerprint density at radius 1 is 1.20 bits per heavy atom. The maximum Gasteiger partial charge on any atom is 0.231 e. The van der Waals surface area contributed by atoms with Gasteiger partial charge in [-0.1, -0.05) is 48.0 Å². The molecule has 1 amide bonds. The van der Waals surface area contributed by atoms with Gasteiger partial charge < -0.3 is 4.90 Å². The number of carbonyl (C=O) groups excluding carboxylic acids is 1. The average molecular weight is 376 g/mol. The largest absolute Gasteiger partial charge is 0.304 e. The number of amides is 1. The molecule has 0 spiro atoms. The predicted molar refractivity (Wildman–Crippen MR) is 101 cm³/mol. The summed E-state index contributed by atoms with van der Waals surface area (Å²) in [4.78, 5) is 14.5. The van der Waals surface area contributed by atoms with Gasteiger partial charge in [0.15, 0.2) is 9.84 Å². The highest BCUT2D eigenvalue weighted by Gasteiger charge is 2.31. The van der Waals surface area contributed by atoms with Crippen molar-refractivity contribution in [2.75, 3.05) is 10.7 Å². The first-order valence-electron chi connectivity index (χ1n) is 7.89. The Hall–Kier alpha value is -2.11. The number of carbonyl (C=O) groups is 1. The topological polar surface area (TPSA) is 54.5 Å². The van der Waals surface area contributed by atoms with E-state index in [9.17, 15) is 13.2 Å². The van der Waals surface area contributed by atoms with E-state index in [-0.39, 0.29) is 18.1 Å². The van der Waals surface area contributed by atoms with E-state index in [4.69, 9.17) is 11.6 Å². The quantitative estimate of drug-likeness (QED) is 0.821. The van der Waals surface area contributed by atoms with E-state index in [1.165, 1.54) is 10.3 Å². The molecule has 2 aromatic rings. The van der Waals surface area contributed by atoms with E-state index in [0.717, 1.165) is 11.1 Å². The number of anilines is 1. The van der Waals surface area contributed by atoms with Crippen LogP contribution in [0.25, 0.3) is 0 Å². The second kappa shape index (κ2) is 7.02. The van der Waals surface area contributed by atoms with Gasteiger partial charge >= 0.3 is 0 Å². The molecule has 1 unspecified atom stereocenters. The Bertz CT molecular complexity index is 923. The van der Waals surface area contributed by atoms with Gasteiger partial charge in [0.05, 0.1) is 18.2 Å². The van der Waals surface area contributed by atoms with Crippen molar-refractivity contribution in [3.8, 4) is 0 Å². The molecule has 0 aromatic heterocycles. The van der Waals surface area contributed by atoms with Crippen LogP contribution in [0.5, 0.6) is 0 Å². The minimum absolute atomic E-state index is 0.112. The molecule has 0 saturated carbocycles. The van der Waals surface area contributed by atoms with Crippen LogP contribution in [-0.2, 0) is 21.1 Å². The molecule has 1 heterocycles. The lowest BCUT2D eigenvalue weighted by Crippen LogP contribution is -2.42. The molecule has 1 aliphatic heterocycles. The van der Waals surface area contributed by atoms with Crippen molar-refractivity contribution in [3.63, 3.8) is 0 Å². The Balaban J connectivity index is 1.95. The maximum absolute atomic E-state index is 13.0.